The van der Waals surface area contributed by atoms with Crippen molar-refractivity contribution < 1.29 is 14.3 Å². The van der Waals surface area contributed by atoms with Crippen LogP contribution in [0.25, 0.3) is 0 Å². The third-order valence-corrected chi connectivity index (χ3v) is 3.98. The van der Waals surface area contributed by atoms with Crippen molar-refractivity contribution >= 4 is 23.2 Å². The second-order valence-electron chi connectivity index (χ2n) is 6.89. The molecule has 0 aliphatic heterocycles. The number of hydrogen-bond donors (Lipinski definition) is 2. The standard InChI is InChI=1S/C22H28N2O3/c1-4-5-21(25)23-18-8-10-19(11-9-18)24-22(26)17-6-12-20(13-7-17)27-15-14-16(2)3/h6-13,16H,4-5,14-15H2,1-3H3,(H,23,25)(H,24,26). The second-order valence-corrected chi connectivity index (χ2v) is 6.89. The third kappa shape index (κ3) is 7.13. The molecule has 2 amide bonds. The monoisotopic (exact) mass is 368 g/mol. The molecule has 27 heavy (non-hydrogen) atoms. The topological polar surface area (TPSA) is 67.4 Å². The molecule has 0 saturated carbocycles. The molecule has 0 bridgehead atoms. The highest BCUT2D eigenvalue weighted by Crippen LogP contribution is 2.17. The highest BCUT2D eigenvalue weighted by atomic mass is 16.5. The number of carbonyl (C=O) groups is 2. The third-order valence-electron chi connectivity index (χ3n) is 3.98. The molecule has 144 valence electrons. The first-order valence-corrected chi connectivity index (χ1v) is 9.42. The Labute approximate surface area is 161 Å². The van der Waals surface area contributed by atoms with E-state index in [0.29, 0.717) is 35.9 Å². The Kier molecular flexibility index (Phi) is 7.86. The molecule has 2 rings (SSSR count). The lowest BCUT2D eigenvalue weighted by Crippen LogP contribution is -2.12. The van der Waals surface area contributed by atoms with Crippen LogP contribution in [0.2, 0.25) is 0 Å². The first-order chi connectivity index (χ1) is 13.0. The lowest BCUT2D eigenvalue weighted by Gasteiger charge is -2.10. The fourth-order valence-electron chi connectivity index (χ4n) is 2.41. The Bertz CT molecular complexity index is 737. The molecule has 0 heterocycles. The van der Waals surface area contributed by atoms with Crippen LogP contribution in [0.15, 0.2) is 48.5 Å². The number of nitrogens with one attached hydrogen (secondary N) is 2. The molecule has 0 unspecified atom stereocenters. The van der Waals surface area contributed by atoms with Gasteiger partial charge in [-0.2, -0.15) is 0 Å². The van der Waals surface area contributed by atoms with Gasteiger partial charge >= 0.3 is 0 Å². The Morgan fingerprint density at radius 2 is 1.52 bits per heavy atom. The molecule has 0 radical (unpaired) electrons. The van der Waals surface area contributed by atoms with E-state index in [2.05, 4.69) is 24.5 Å². The minimum absolute atomic E-state index is 0.00927. The predicted molar refractivity (Wildman–Crippen MR) is 109 cm³/mol. The molecule has 2 N–H and O–H groups in total. The Balaban J connectivity index is 1.88. The van der Waals surface area contributed by atoms with E-state index in [1.165, 1.54) is 0 Å². The molecule has 5 heteroatoms. The maximum absolute atomic E-state index is 12.4. The molecule has 0 aliphatic rings. The molecule has 0 spiro atoms. The first kappa shape index (κ1) is 20.5. The van der Waals surface area contributed by atoms with Crippen molar-refractivity contribution in [3.63, 3.8) is 0 Å². The van der Waals surface area contributed by atoms with Crippen molar-refractivity contribution in [2.24, 2.45) is 5.92 Å². The summed E-state index contributed by atoms with van der Waals surface area (Å²) >= 11 is 0. The Morgan fingerprint density at radius 1 is 0.926 bits per heavy atom. The number of anilines is 2. The van der Waals surface area contributed by atoms with Crippen molar-refractivity contribution in [2.75, 3.05) is 17.2 Å². The molecule has 2 aromatic rings. The zero-order chi connectivity index (χ0) is 19.6. The summed E-state index contributed by atoms with van der Waals surface area (Å²) in [7, 11) is 0. The van der Waals surface area contributed by atoms with Crippen LogP contribution < -0.4 is 15.4 Å². The molecular formula is C22H28N2O3. The van der Waals surface area contributed by atoms with E-state index < -0.39 is 0 Å². The molecule has 0 aromatic heterocycles. The van der Waals surface area contributed by atoms with E-state index in [0.717, 1.165) is 18.6 Å². The minimum Gasteiger partial charge on any atom is -0.494 e. The summed E-state index contributed by atoms with van der Waals surface area (Å²) in [4.78, 5) is 24.0. The summed E-state index contributed by atoms with van der Waals surface area (Å²) in [6.07, 6.45) is 2.30. The zero-order valence-electron chi connectivity index (χ0n) is 16.2. The van der Waals surface area contributed by atoms with Crippen LogP contribution in [0.3, 0.4) is 0 Å². The average molecular weight is 368 g/mol. The van der Waals surface area contributed by atoms with E-state index in [4.69, 9.17) is 4.74 Å². The van der Waals surface area contributed by atoms with Gasteiger partial charge in [-0.25, -0.2) is 0 Å². The minimum atomic E-state index is -0.188. The molecule has 0 fully saturated rings. The van der Waals surface area contributed by atoms with Gasteiger partial charge in [-0.15, -0.1) is 0 Å². The van der Waals surface area contributed by atoms with Crippen molar-refractivity contribution in [3.8, 4) is 5.75 Å². The van der Waals surface area contributed by atoms with Gasteiger partial charge < -0.3 is 15.4 Å². The van der Waals surface area contributed by atoms with Gasteiger partial charge in [0.05, 0.1) is 6.61 Å². The number of benzene rings is 2. The van der Waals surface area contributed by atoms with Gasteiger partial charge in [-0.3, -0.25) is 9.59 Å². The predicted octanol–water partition coefficient (Wildman–Crippen LogP) is 5.10. The summed E-state index contributed by atoms with van der Waals surface area (Å²) in [5.74, 6) is 1.16. The maximum Gasteiger partial charge on any atom is 0.255 e. The lowest BCUT2D eigenvalue weighted by atomic mass is 10.1. The Hall–Kier alpha value is -2.82. The van der Waals surface area contributed by atoms with E-state index in [1.54, 1.807) is 36.4 Å². The second kappa shape index (κ2) is 10.4. The normalized spacial score (nSPS) is 10.5. The molecule has 0 atom stereocenters. The van der Waals surface area contributed by atoms with Gasteiger partial charge in [0.15, 0.2) is 0 Å². The molecule has 0 aliphatic carbocycles. The van der Waals surface area contributed by atoms with Crippen molar-refractivity contribution in [2.45, 2.75) is 40.0 Å². The van der Waals surface area contributed by atoms with E-state index >= 15 is 0 Å². The summed E-state index contributed by atoms with van der Waals surface area (Å²) in [6.45, 7) is 6.94. The average Bonchev–Trinajstić information content (AvgIpc) is 2.64. The fourth-order valence-corrected chi connectivity index (χ4v) is 2.41. The van der Waals surface area contributed by atoms with Gasteiger partial charge in [-0.05, 0) is 67.3 Å². The molecule has 5 nitrogen and oxygen atoms in total. The van der Waals surface area contributed by atoms with Crippen LogP contribution in [0.5, 0.6) is 5.75 Å². The van der Waals surface area contributed by atoms with Crippen LogP contribution >= 0.6 is 0 Å². The van der Waals surface area contributed by atoms with E-state index in [-0.39, 0.29) is 11.8 Å². The molecular weight excluding hydrogens is 340 g/mol. The largest absolute Gasteiger partial charge is 0.494 e. The smallest absolute Gasteiger partial charge is 0.255 e. The summed E-state index contributed by atoms with van der Waals surface area (Å²) < 4.78 is 5.67. The van der Waals surface area contributed by atoms with Crippen LogP contribution in [0.1, 0.15) is 50.4 Å². The number of hydrogen-bond acceptors (Lipinski definition) is 3. The first-order valence-electron chi connectivity index (χ1n) is 9.42. The number of amides is 2. The lowest BCUT2D eigenvalue weighted by molar-refractivity contribution is -0.116. The fraction of sp³-hybridized carbons (Fsp3) is 0.364. The maximum atomic E-state index is 12.4. The van der Waals surface area contributed by atoms with E-state index in [9.17, 15) is 9.59 Å². The SMILES string of the molecule is CCCC(=O)Nc1ccc(NC(=O)c2ccc(OCCC(C)C)cc2)cc1. The zero-order valence-corrected chi connectivity index (χ0v) is 16.2. The van der Waals surface area contributed by atoms with Gasteiger partial charge in [0.1, 0.15) is 5.75 Å². The quantitative estimate of drug-likeness (QED) is 0.647. The van der Waals surface area contributed by atoms with Crippen molar-refractivity contribution in [1.29, 1.82) is 0 Å². The van der Waals surface area contributed by atoms with Crippen molar-refractivity contribution in [3.05, 3.63) is 54.1 Å². The van der Waals surface area contributed by atoms with Gasteiger partial charge in [0, 0.05) is 23.4 Å². The summed E-state index contributed by atoms with van der Waals surface area (Å²) in [5.41, 5.74) is 1.95. The van der Waals surface area contributed by atoms with Gasteiger partial charge in [0.2, 0.25) is 5.91 Å². The van der Waals surface area contributed by atoms with Crippen LogP contribution in [-0.4, -0.2) is 18.4 Å². The number of carbonyl (C=O) groups excluding carboxylic acids is 2. The molecule has 0 saturated heterocycles. The van der Waals surface area contributed by atoms with Gasteiger partial charge in [0.25, 0.3) is 5.91 Å². The molecule has 2 aromatic carbocycles. The number of rotatable bonds is 9. The summed E-state index contributed by atoms with van der Waals surface area (Å²) in [5, 5.41) is 5.67. The van der Waals surface area contributed by atoms with Crippen LogP contribution in [0.4, 0.5) is 11.4 Å². The highest BCUT2D eigenvalue weighted by molar-refractivity contribution is 6.04. The van der Waals surface area contributed by atoms with Crippen LogP contribution in [-0.2, 0) is 4.79 Å². The van der Waals surface area contributed by atoms with Crippen LogP contribution in [0, 0.1) is 5.92 Å². The van der Waals surface area contributed by atoms with E-state index in [1.807, 2.05) is 19.1 Å². The van der Waals surface area contributed by atoms with Gasteiger partial charge in [-0.1, -0.05) is 20.8 Å². The number of ether oxygens (including phenoxy) is 1. The van der Waals surface area contributed by atoms with Crippen molar-refractivity contribution in [1.82, 2.24) is 0 Å². The Morgan fingerprint density at radius 3 is 2.07 bits per heavy atom. The highest BCUT2D eigenvalue weighted by Gasteiger charge is 2.07. The summed E-state index contributed by atoms with van der Waals surface area (Å²) in [6, 6.07) is 14.2.